The average Bonchev–Trinajstić information content (AvgIpc) is 2.21. The number of halogens is 2. The molecule has 0 spiro atoms. The van der Waals surface area contributed by atoms with Gasteiger partial charge in [0.1, 0.15) is 5.82 Å². The van der Waals surface area contributed by atoms with Crippen molar-refractivity contribution in [1.29, 1.82) is 0 Å². The number of hydrogen-bond donors (Lipinski definition) is 1. The van der Waals surface area contributed by atoms with E-state index in [0.29, 0.717) is 6.42 Å². The second-order valence-corrected chi connectivity index (χ2v) is 5.62. The molecule has 1 aromatic carbocycles. The molecule has 2 nitrogen and oxygen atoms in total. The Hall–Kier alpha value is -0.800. The zero-order valence-electron chi connectivity index (χ0n) is 10.1. The lowest BCUT2D eigenvalue weighted by molar-refractivity contribution is 0.107. The van der Waals surface area contributed by atoms with E-state index < -0.39 is 5.82 Å². The summed E-state index contributed by atoms with van der Waals surface area (Å²) in [6.07, 6.45) is 1.19. The summed E-state index contributed by atoms with van der Waals surface area (Å²) in [6, 6.07) is 4.77. The predicted octanol–water partition coefficient (Wildman–Crippen LogP) is 3.22. The minimum absolute atomic E-state index is 0.140. The molecule has 1 unspecified atom stereocenters. The van der Waals surface area contributed by atoms with Gasteiger partial charge in [-0.3, -0.25) is 0 Å². The average molecular weight is 258 g/mol. The van der Waals surface area contributed by atoms with Crippen molar-refractivity contribution in [2.75, 3.05) is 11.4 Å². The molecule has 1 fully saturated rings. The van der Waals surface area contributed by atoms with Crippen LogP contribution in [0.3, 0.4) is 0 Å². The van der Waals surface area contributed by atoms with Crippen molar-refractivity contribution >= 4 is 17.3 Å². The van der Waals surface area contributed by atoms with Crippen LogP contribution >= 0.6 is 11.6 Å². The van der Waals surface area contributed by atoms with E-state index in [4.69, 9.17) is 11.6 Å². The fourth-order valence-electron chi connectivity index (χ4n) is 2.50. The summed E-state index contributed by atoms with van der Waals surface area (Å²) in [4.78, 5) is 2.17. The number of anilines is 1. The molecule has 1 aliphatic heterocycles. The lowest BCUT2D eigenvalue weighted by atomic mass is 9.88. The van der Waals surface area contributed by atoms with Crippen molar-refractivity contribution in [1.82, 2.24) is 0 Å². The van der Waals surface area contributed by atoms with Gasteiger partial charge >= 0.3 is 0 Å². The highest BCUT2D eigenvalue weighted by Gasteiger charge is 2.34. The van der Waals surface area contributed by atoms with Gasteiger partial charge in [-0.25, -0.2) is 4.39 Å². The zero-order chi connectivity index (χ0) is 12.6. The molecule has 1 aromatic rings. The van der Waals surface area contributed by atoms with E-state index in [9.17, 15) is 9.50 Å². The van der Waals surface area contributed by atoms with Crippen molar-refractivity contribution in [2.45, 2.75) is 38.3 Å². The van der Waals surface area contributed by atoms with Crippen LogP contribution < -0.4 is 4.90 Å². The smallest absolute Gasteiger partial charge is 0.141 e. The first kappa shape index (κ1) is 12.7. The predicted molar refractivity (Wildman–Crippen MR) is 68.1 cm³/mol. The van der Waals surface area contributed by atoms with Crippen LogP contribution in [0.5, 0.6) is 0 Å². The van der Waals surface area contributed by atoms with Crippen LogP contribution in [0.1, 0.15) is 26.7 Å². The van der Waals surface area contributed by atoms with Crippen LogP contribution in [0.4, 0.5) is 10.1 Å². The fraction of sp³-hybridized carbons (Fsp3) is 0.538. The van der Waals surface area contributed by atoms with Crippen molar-refractivity contribution in [2.24, 2.45) is 0 Å². The number of benzene rings is 1. The molecule has 94 valence electrons. The number of aliphatic hydroxyl groups is 1. The third-order valence-corrected chi connectivity index (χ3v) is 3.66. The lowest BCUT2D eigenvalue weighted by Gasteiger charge is -2.46. The molecule has 1 saturated heterocycles. The molecule has 0 aromatic heterocycles. The van der Waals surface area contributed by atoms with Crippen molar-refractivity contribution in [3.05, 3.63) is 29.0 Å². The first-order valence-corrected chi connectivity index (χ1v) is 6.19. The van der Waals surface area contributed by atoms with Gasteiger partial charge in [-0.15, -0.1) is 0 Å². The monoisotopic (exact) mass is 257 g/mol. The summed E-state index contributed by atoms with van der Waals surface area (Å²) in [5.41, 5.74) is 0.770. The third kappa shape index (κ3) is 2.55. The summed E-state index contributed by atoms with van der Waals surface area (Å²) >= 11 is 5.80. The molecule has 4 heteroatoms. The minimum atomic E-state index is -0.398. The second kappa shape index (κ2) is 4.46. The van der Waals surface area contributed by atoms with Gasteiger partial charge < -0.3 is 10.0 Å². The highest BCUT2D eigenvalue weighted by Crippen LogP contribution is 2.34. The van der Waals surface area contributed by atoms with Crippen molar-refractivity contribution in [3.8, 4) is 0 Å². The van der Waals surface area contributed by atoms with Crippen molar-refractivity contribution in [3.63, 3.8) is 0 Å². The maximum absolute atomic E-state index is 13.1. The van der Waals surface area contributed by atoms with Gasteiger partial charge in [-0.05, 0) is 44.9 Å². The molecule has 1 N–H and O–H groups in total. The Labute approximate surface area is 106 Å². The molecule has 0 saturated carbocycles. The highest BCUT2D eigenvalue weighted by atomic mass is 35.5. The van der Waals surface area contributed by atoms with Crippen LogP contribution in [0.25, 0.3) is 0 Å². The number of rotatable bonds is 1. The van der Waals surface area contributed by atoms with Crippen LogP contribution in [0, 0.1) is 5.82 Å². The molecule has 1 heterocycles. The number of nitrogens with zero attached hydrogens (tertiary/aromatic N) is 1. The van der Waals surface area contributed by atoms with Gasteiger partial charge in [-0.1, -0.05) is 11.6 Å². The first-order valence-electron chi connectivity index (χ1n) is 5.81. The van der Waals surface area contributed by atoms with Gasteiger partial charge in [0.25, 0.3) is 0 Å². The SMILES string of the molecule is CC1(C)CC(O)CCN1c1ccc(F)c(Cl)c1. The molecule has 2 rings (SSSR count). The quantitative estimate of drug-likeness (QED) is 0.835. The third-order valence-electron chi connectivity index (χ3n) is 3.37. The molecule has 1 aliphatic rings. The maximum Gasteiger partial charge on any atom is 0.141 e. The number of hydrogen-bond acceptors (Lipinski definition) is 2. The normalized spacial score (nSPS) is 23.8. The Kier molecular flexibility index (Phi) is 3.32. The second-order valence-electron chi connectivity index (χ2n) is 5.21. The van der Waals surface area contributed by atoms with E-state index in [0.717, 1.165) is 18.7 Å². The summed E-state index contributed by atoms with van der Waals surface area (Å²) in [5.74, 6) is -0.398. The molecular formula is C13H17ClFNO. The van der Waals surface area contributed by atoms with Gasteiger partial charge in [0, 0.05) is 17.8 Å². The topological polar surface area (TPSA) is 23.5 Å². The van der Waals surface area contributed by atoms with E-state index in [1.165, 1.54) is 6.07 Å². The molecule has 0 amide bonds. The van der Waals surface area contributed by atoms with Gasteiger partial charge in [0.15, 0.2) is 0 Å². The van der Waals surface area contributed by atoms with Gasteiger partial charge in [0.05, 0.1) is 11.1 Å². The standard InChI is InChI=1S/C13H17ClFNO/c1-13(2)8-10(17)5-6-16(13)9-3-4-12(15)11(14)7-9/h3-4,7,10,17H,5-6,8H2,1-2H3. The van der Waals surface area contributed by atoms with E-state index in [-0.39, 0.29) is 16.7 Å². The Morgan fingerprint density at radius 2 is 2.18 bits per heavy atom. The van der Waals surface area contributed by atoms with Crippen molar-refractivity contribution < 1.29 is 9.50 Å². The first-order chi connectivity index (χ1) is 7.90. The molecule has 1 atom stereocenters. The van der Waals surface area contributed by atoms with Crippen LogP contribution in [0.2, 0.25) is 5.02 Å². The Morgan fingerprint density at radius 1 is 1.47 bits per heavy atom. The lowest BCUT2D eigenvalue weighted by Crippen LogP contribution is -2.51. The number of aliphatic hydroxyl groups excluding tert-OH is 1. The molecular weight excluding hydrogens is 241 g/mol. The zero-order valence-corrected chi connectivity index (χ0v) is 10.8. The van der Waals surface area contributed by atoms with E-state index in [2.05, 4.69) is 18.7 Å². The fourth-order valence-corrected chi connectivity index (χ4v) is 2.68. The van der Waals surface area contributed by atoms with Gasteiger partial charge in [0.2, 0.25) is 0 Å². The van der Waals surface area contributed by atoms with Gasteiger partial charge in [-0.2, -0.15) is 0 Å². The Balaban J connectivity index is 2.29. The minimum Gasteiger partial charge on any atom is -0.393 e. The molecule has 17 heavy (non-hydrogen) atoms. The molecule has 0 bridgehead atoms. The van der Waals surface area contributed by atoms with Crippen LogP contribution in [-0.4, -0.2) is 23.3 Å². The maximum atomic E-state index is 13.1. The van der Waals surface area contributed by atoms with E-state index >= 15 is 0 Å². The Bertz CT molecular complexity index is 422. The van der Waals surface area contributed by atoms with E-state index in [1.807, 2.05) is 0 Å². The molecule has 0 radical (unpaired) electrons. The highest BCUT2D eigenvalue weighted by molar-refractivity contribution is 6.31. The number of piperidine rings is 1. The molecule has 0 aliphatic carbocycles. The summed E-state index contributed by atoms with van der Waals surface area (Å²) in [5, 5.41) is 9.84. The van der Waals surface area contributed by atoms with E-state index in [1.54, 1.807) is 12.1 Å². The summed E-state index contributed by atoms with van der Waals surface area (Å²) in [6.45, 7) is 4.91. The van der Waals surface area contributed by atoms with Crippen LogP contribution in [-0.2, 0) is 0 Å². The largest absolute Gasteiger partial charge is 0.393 e. The summed E-state index contributed by atoms with van der Waals surface area (Å²) in [7, 11) is 0. The Morgan fingerprint density at radius 3 is 2.76 bits per heavy atom. The summed E-state index contributed by atoms with van der Waals surface area (Å²) < 4.78 is 13.1. The van der Waals surface area contributed by atoms with Crippen LogP contribution in [0.15, 0.2) is 18.2 Å².